The van der Waals surface area contributed by atoms with Crippen molar-refractivity contribution in [3.63, 3.8) is 0 Å². The minimum atomic E-state index is -3.73. The highest BCUT2D eigenvalue weighted by Crippen LogP contribution is 2.29. The van der Waals surface area contributed by atoms with E-state index in [0.29, 0.717) is 22.2 Å². The molecular formula is C14H13N5O2S. The van der Waals surface area contributed by atoms with Crippen molar-refractivity contribution in [3.8, 4) is 6.07 Å². The molecule has 0 spiro atoms. The molecule has 0 amide bonds. The van der Waals surface area contributed by atoms with Crippen molar-refractivity contribution < 1.29 is 8.42 Å². The van der Waals surface area contributed by atoms with Crippen molar-refractivity contribution in [2.75, 3.05) is 4.72 Å². The first kappa shape index (κ1) is 14.2. The van der Waals surface area contributed by atoms with Crippen molar-refractivity contribution in [2.24, 2.45) is 7.05 Å². The first-order valence-electron chi connectivity index (χ1n) is 6.44. The van der Waals surface area contributed by atoms with E-state index in [1.807, 2.05) is 6.92 Å². The molecule has 3 rings (SSSR count). The van der Waals surface area contributed by atoms with Gasteiger partial charge in [0.25, 0.3) is 10.0 Å². The monoisotopic (exact) mass is 315 g/mol. The molecule has 0 bridgehead atoms. The molecule has 7 nitrogen and oxygen atoms in total. The smallest absolute Gasteiger partial charge is 0.265 e. The van der Waals surface area contributed by atoms with Gasteiger partial charge in [0.1, 0.15) is 11.0 Å². The molecule has 0 aliphatic heterocycles. The average Bonchev–Trinajstić information content (AvgIpc) is 3.08. The van der Waals surface area contributed by atoms with Gasteiger partial charge in [-0.1, -0.05) is 6.07 Å². The largest absolute Gasteiger partial charge is 0.358 e. The highest BCUT2D eigenvalue weighted by atomic mass is 32.2. The van der Waals surface area contributed by atoms with E-state index >= 15 is 0 Å². The number of sulfonamides is 1. The van der Waals surface area contributed by atoms with E-state index in [-0.39, 0.29) is 4.90 Å². The molecule has 2 heterocycles. The van der Waals surface area contributed by atoms with Gasteiger partial charge in [-0.3, -0.25) is 9.40 Å². The Morgan fingerprint density at radius 1 is 1.41 bits per heavy atom. The van der Waals surface area contributed by atoms with Crippen LogP contribution in [0.3, 0.4) is 0 Å². The SMILES string of the molecule is Cc1ccc(NS(=O)(=O)c2cnn(C)c2)c2[nH]cc(C#N)c12. The van der Waals surface area contributed by atoms with Gasteiger partial charge in [-0.05, 0) is 18.6 Å². The van der Waals surface area contributed by atoms with Crippen LogP contribution in [0.25, 0.3) is 10.9 Å². The molecule has 0 unspecified atom stereocenters. The quantitative estimate of drug-likeness (QED) is 0.770. The molecule has 3 aromatic rings. The molecule has 0 saturated carbocycles. The van der Waals surface area contributed by atoms with Gasteiger partial charge in [0.15, 0.2) is 0 Å². The highest BCUT2D eigenvalue weighted by molar-refractivity contribution is 7.92. The van der Waals surface area contributed by atoms with Crippen molar-refractivity contribution >= 4 is 26.6 Å². The Kier molecular flexibility index (Phi) is 3.15. The normalized spacial score (nSPS) is 11.5. The van der Waals surface area contributed by atoms with Crippen LogP contribution in [-0.2, 0) is 17.1 Å². The van der Waals surface area contributed by atoms with Crippen molar-refractivity contribution in [1.82, 2.24) is 14.8 Å². The molecule has 0 radical (unpaired) electrons. The molecule has 1 aromatic carbocycles. The van der Waals surface area contributed by atoms with Crippen LogP contribution < -0.4 is 4.72 Å². The first-order valence-corrected chi connectivity index (χ1v) is 7.93. The predicted octanol–water partition coefficient (Wildman–Crippen LogP) is 1.88. The third-order valence-corrected chi connectivity index (χ3v) is 4.72. The number of rotatable bonds is 3. The Balaban J connectivity index is 2.11. The molecule has 0 saturated heterocycles. The zero-order valence-electron chi connectivity index (χ0n) is 12.0. The lowest BCUT2D eigenvalue weighted by Gasteiger charge is -2.08. The molecule has 0 atom stereocenters. The Hall–Kier alpha value is -2.79. The summed E-state index contributed by atoms with van der Waals surface area (Å²) in [6, 6.07) is 5.54. The van der Waals surface area contributed by atoms with Gasteiger partial charge < -0.3 is 4.98 Å². The fourth-order valence-electron chi connectivity index (χ4n) is 2.33. The number of nitrogens with zero attached hydrogens (tertiary/aromatic N) is 3. The van der Waals surface area contributed by atoms with E-state index in [9.17, 15) is 8.42 Å². The van der Waals surface area contributed by atoms with Crippen LogP contribution in [-0.4, -0.2) is 23.2 Å². The van der Waals surface area contributed by atoms with Crippen LogP contribution in [0.4, 0.5) is 5.69 Å². The third kappa shape index (κ3) is 2.21. The maximum absolute atomic E-state index is 12.4. The number of fused-ring (bicyclic) bond motifs is 1. The number of aromatic amines is 1. The number of benzene rings is 1. The third-order valence-electron chi connectivity index (χ3n) is 3.40. The summed E-state index contributed by atoms with van der Waals surface area (Å²) in [5.41, 5.74) is 2.36. The van der Waals surface area contributed by atoms with E-state index < -0.39 is 10.0 Å². The van der Waals surface area contributed by atoms with Crippen LogP contribution in [0.2, 0.25) is 0 Å². The minimum Gasteiger partial charge on any atom is -0.358 e. The van der Waals surface area contributed by atoms with E-state index in [1.54, 1.807) is 25.4 Å². The summed E-state index contributed by atoms with van der Waals surface area (Å²) in [5.74, 6) is 0. The zero-order valence-corrected chi connectivity index (χ0v) is 12.8. The van der Waals surface area contributed by atoms with Gasteiger partial charge >= 0.3 is 0 Å². The van der Waals surface area contributed by atoms with Gasteiger partial charge in [-0.2, -0.15) is 10.4 Å². The number of hydrogen-bond donors (Lipinski definition) is 2. The van der Waals surface area contributed by atoms with E-state index in [1.165, 1.54) is 17.1 Å². The van der Waals surface area contributed by atoms with Gasteiger partial charge in [-0.15, -0.1) is 0 Å². The van der Waals surface area contributed by atoms with Crippen molar-refractivity contribution in [3.05, 3.63) is 41.9 Å². The molecule has 2 aromatic heterocycles. The number of aryl methyl sites for hydroxylation is 2. The number of hydrogen-bond acceptors (Lipinski definition) is 4. The number of anilines is 1. The second-order valence-electron chi connectivity index (χ2n) is 4.95. The second-order valence-corrected chi connectivity index (χ2v) is 6.63. The van der Waals surface area contributed by atoms with Crippen LogP contribution in [0.15, 0.2) is 35.6 Å². The lowest BCUT2D eigenvalue weighted by Crippen LogP contribution is -2.12. The van der Waals surface area contributed by atoms with Gasteiger partial charge in [0, 0.05) is 24.8 Å². The summed E-state index contributed by atoms with van der Waals surface area (Å²) in [6.45, 7) is 1.87. The van der Waals surface area contributed by atoms with Crippen molar-refractivity contribution in [2.45, 2.75) is 11.8 Å². The zero-order chi connectivity index (χ0) is 15.9. The summed E-state index contributed by atoms with van der Waals surface area (Å²) >= 11 is 0. The standard InChI is InChI=1S/C14H13N5O2S/c1-9-3-4-12(14-13(9)10(5-15)6-16-14)18-22(20,21)11-7-17-19(2)8-11/h3-4,6-8,16,18H,1-2H3. The molecule has 2 N–H and O–H groups in total. The van der Waals surface area contributed by atoms with Crippen LogP contribution in [0.1, 0.15) is 11.1 Å². The van der Waals surface area contributed by atoms with E-state index in [2.05, 4.69) is 20.9 Å². The Bertz CT molecular complexity index is 1010. The summed E-state index contributed by atoms with van der Waals surface area (Å²) in [7, 11) is -2.08. The molecule has 0 aliphatic carbocycles. The molecule has 112 valence electrons. The fraction of sp³-hybridized carbons (Fsp3) is 0.143. The number of nitrogens with one attached hydrogen (secondary N) is 2. The van der Waals surface area contributed by atoms with E-state index in [0.717, 1.165) is 5.56 Å². The topological polar surface area (TPSA) is 104 Å². The first-order chi connectivity index (χ1) is 10.4. The predicted molar refractivity (Wildman–Crippen MR) is 81.8 cm³/mol. The molecule has 8 heteroatoms. The lowest BCUT2D eigenvalue weighted by molar-refractivity contribution is 0.601. The summed E-state index contributed by atoms with van der Waals surface area (Å²) in [5, 5.41) is 13.7. The van der Waals surface area contributed by atoms with Gasteiger partial charge in [0.2, 0.25) is 0 Å². The van der Waals surface area contributed by atoms with Crippen LogP contribution in [0.5, 0.6) is 0 Å². The highest BCUT2D eigenvalue weighted by Gasteiger charge is 2.19. The Morgan fingerprint density at radius 2 is 2.18 bits per heavy atom. The summed E-state index contributed by atoms with van der Waals surface area (Å²) in [4.78, 5) is 3.04. The Morgan fingerprint density at radius 3 is 2.82 bits per heavy atom. The maximum Gasteiger partial charge on any atom is 0.265 e. The molecule has 0 aliphatic rings. The van der Waals surface area contributed by atoms with Crippen LogP contribution >= 0.6 is 0 Å². The number of nitriles is 1. The molecule has 0 fully saturated rings. The average molecular weight is 315 g/mol. The number of aromatic nitrogens is 3. The lowest BCUT2D eigenvalue weighted by atomic mass is 10.1. The number of H-pyrrole nitrogens is 1. The second kappa shape index (κ2) is 4.89. The molecular weight excluding hydrogens is 302 g/mol. The van der Waals surface area contributed by atoms with Gasteiger partial charge in [-0.25, -0.2) is 8.42 Å². The summed E-state index contributed by atoms with van der Waals surface area (Å²) in [6.07, 6.45) is 4.27. The molecule has 22 heavy (non-hydrogen) atoms. The van der Waals surface area contributed by atoms with E-state index in [4.69, 9.17) is 5.26 Å². The van der Waals surface area contributed by atoms with Gasteiger partial charge in [0.05, 0.1) is 23.0 Å². The minimum absolute atomic E-state index is 0.0794. The van der Waals surface area contributed by atoms with Crippen LogP contribution in [0, 0.1) is 18.3 Å². The fourth-order valence-corrected chi connectivity index (χ4v) is 3.39. The van der Waals surface area contributed by atoms with Crippen molar-refractivity contribution in [1.29, 1.82) is 5.26 Å². The summed E-state index contributed by atoms with van der Waals surface area (Å²) < 4.78 is 28.7. The maximum atomic E-state index is 12.4. The Labute approximate surface area is 127 Å².